The van der Waals surface area contributed by atoms with Gasteiger partial charge in [-0.3, -0.25) is 14.5 Å². The number of rotatable bonds is 8. The maximum Gasteiger partial charge on any atom is 0.258 e. The summed E-state index contributed by atoms with van der Waals surface area (Å²) in [6.07, 6.45) is 3.35. The molecule has 2 atom stereocenters. The maximum atomic E-state index is 13.5. The van der Waals surface area contributed by atoms with Gasteiger partial charge in [-0.15, -0.1) is 0 Å². The number of aliphatic imine (C=N–C) groups is 1. The molecule has 2 amide bonds. The number of fused-ring (bicyclic) bond motifs is 1. The normalized spacial score (nSPS) is 20.5. The first-order chi connectivity index (χ1) is 17.5. The highest BCUT2D eigenvalue weighted by Gasteiger charge is 2.33. The molecular formula is C28H36F2N4O3. The number of hydrogen-bond acceptors (Lipinski definition) is 4. The molecule has 2 aromatic rings. The fourth-order valence-electron chi connectivity index (χ4n) is 5.78. The van der Waals surface area contributed by atoms with E-state index >= 15 is 0 Å². The van der Waals surface area contributed by atoms with Crippen LogP contribution in [0.1, 0.15) is 55.7 Å². The highest BCUT2D eigenvalue weighted by atomic mass is 19.3. The van der Waals surface area contributed by atoms with Crippen molar-refractivity contribution in [1.82, 2.24) is 14.8 Å². The molecule has 0 spiro atoms. The third-order valence-electron chi connectivity index (χ3n) is 7.59. The summed E-state index contributed by atoms with van der Waals surface area (Å²) in [4.78, 5) is 31.8. The molecule has 0 radical (unpaired) electrons. The van der Waals surface area contributed by atoms with Crippen LogP contribution in [-0.4, -0.2) is 66.2 Å². The average Bonchev–Trinajstić information content (AvgIpc) is 3.13. The van der Waals surface area contributed by atoms with Gasteiger partial charge in [-0.05, 0) is 64.8 Å². The van der Waals surface area contributed by atoms with Crippen molar-refractivity contribution in [3.63, 3.8) is 0 Å². The SMILES string of the molecule is COC1=CC(C)=NC(=O)C1CNC(=O)c1c(C)n([C@H](C)C2CCN(CC(C)(F)F)CC2)c2ccccc12. The fourth-order valence-corrected chi connectivity index (χ4v) is 5.78. The number of piperidine rings is 1. The van der Waals surface area contributed by atoms with Crippen LogP contribution in [0.25, 0.3) is 10.9 Å². The number of para-hydroxylation sites is 1. The number of benzene rings is 1. The number of dihydropyridines is 1. The summed E-state index contributed by atoms with van der Waals surface area (Å²) in [7, 11) is 1.50. The van der Waals surface area contributed by atoms with Crippen molar-refractivity contribution in [2.45, 2.75) is 52.5 Å². The molecule has 200 valence electrons. The van der Waals surface area contributed by atoms with Gasteiger partial charge in [0.1, 0.15) is 11.7 Å². The van der Waals surface area contributed by atoms with Crippen LogP contribution < -0.4 is 5.32 Å². The van der Waals surface area contributed by atoms with Crippen LogP contribution in [0.15, 0.2) is 41.1 Å². The van der Waals surface area contributed by atoms with E-state index in [9.17, 15) is 18.4 Å². The van der Waals surface area contributed by atoms with Gasteiger partial charge in [0.25, 0.3) is 17.7 Å². The first-order valence-corrected chi connectivity index (χ1v) is 12.8. The number of halogens is 2. The molecule has 37 heavy (non-hydrogen) atoms. The van der Waals surface area contributed by atoms with E-state index < -0.39 is 11.8 Å². The molecule has 2 aliphatic heterocycles. The number of amides is 2. The number of ether oxygens (including phenoxy) is 1. The number of aromatic nitrogens is 1. The molecule has 9 heteroatoms. The van der Waals surface area contributed by atoms with Gasteiger partial charge < -0.3 is 14.6 Å². The Labute approximate surface area is 216 Å². The Balaban J connectivity index is 1.54. The van der Waals surface area contributed by atoms with Crippen molar-refractivity contribution >= 4 is 28.4 Å². The lowest BCUT2D eigenvalue weighted by atomic mass is 9.89. The predicted molar refractivity (Wildman–Crippen MR) is 140 cm³/mol. The van der Waals surface area contributed by atoms with Crippen LogP contribution in [0.2, 0.25) is 0 Å². The summed E-state index contributed by atoms with van der Waals surface area (Å²) in [6.45, 7) is 7.93. The van der Waals surface area contributed by atoms with Crippen molar-refractivity contribution in [2.24, 2.45) is 16.8 Å². The second-order valence-electron chi connectivity index (χ2n) is 10.4. The minimum Gasteiger partial charge on any atom is -0.500 e. The molecule has 1 unspecified atom stereocenters. The zero-order valence-electron chi connectivity index (χ0n) is 22.2. The molecular weight excluding hydrogens is 478 g/mol. The van der Waals surface area contributed by atoms with Crippen molar-refractivity contribution in [3.05, 3.63) is 47.4 Å². The summed E-state index contributed by atoms with van der Waals surface area (Å²) in [5, 5.41) is 3.78. The minimum absolute atomic E-state index is 0.0865. The van der Waals surface area contributed by atoms with Gasteiger partial charge in [0, 0.05) is 41.8 Å². The molecule has 1 saturated heterocycles. The Hall–Kier alpha value is -3.07. The van der Waals surface area contributed by atoms with Gasteiger partial charge in [0.05, 0.1) is 19.2 Å². The van der Waals surface area contributed by atoms with E-state index in [1.54, 1.807) is 13.0 Å². The molecule has 1 N–H and O–H groups in total. The van der Waals surface area contributed by atoms with Crippen molar-refractivity contribution in [1.29, 1.82) is 0 Å². The van der Waals surface area contributed by atoms with Crippen molar-refractivity contribution in [2.75, 3.05) is 33.3 Å². The molecule has 1 fully saturated rings. The molecule has 1 aromatic heterocycles. The van der Waals surface area contributed by atoms with Gasteiger partial charge in [-0.25, -0.2) is 13.8 Å². The molecule has 0 aliphatic carbocycles. The largest absolute Gasteiger partial charge is 0.500 e. The van der Waals surface area contributed by atoms with Crippen molar-refractivity contribution in [3.8, 4) is 0 Å². The monoisotopic (exact) mass is 514 g/mol. The highest BCUT2D eigenvalue weighted by Crippen LogP contribution is 2.36. The van der Waals surface area contributed by atoms with Crippen LogP contribution >= 0.6 is 0 Å². The Kier molecular flexibility index (Phi) is 7.83. The molecule has 2 aliphatic rings. The highest BCUT2D eigenvalue weighted by molar-refractivity contribution is 6.09. The topological polar surface area (TPSA) is 75.9 Å². The number of carbonyl (C=O) groups excluding carboxylic acids is 2. The van der Waals surface area contributed by atoms with Crippen LogP contribution in [0.5, 0.6) is 0 Å². The molecule has 4 rings (SSSR count). The lowest BCUT2D eigenvalue weighted by Crippen LogP contribution is -2.41. The summed E-state index contributed by atoms with van der Waals surface area (Å²) < 4.78 is 34.5. The van der Waals surface area contributed by atoms with Crippen LogP contribution in [0, 0.1) is 18.8 Å². The van der Waals surface area contributed by atoms with Crippen LogP contribution in [0.4, 0.5) is 8.78 Å². The zero-order valence-corrected chi connectivity index (χ0v) is 22.2. The van der Waals surface area contributed by atoms with Gasteiger partial charge in [-0.2, -0.15) is 0 Å². The summed E-state index contributed by atoms with van der Waals surface area (Å²) in [5.74, 6) is -3.15. The number of carbonyl (C=O) groups is 2. The average molecular weight is 515 g/mol. The number of likely N-dealkylation sites (tertiary alicyclic amines) is 1. The fraction of sp³-hybridized carbons (Fsp3) is 0.536. The summed E-state index contributed by atoms with van der Waals surface area (Å²) in [5.41, 5.74) is 2.97. The number of alkyl halides is 2. The third kappa shape index (κ3) is 5.76. The van der Waals surface area contributed by atoms with Gasteiger partial charge in [-0.1, -0.05) is 18.2 Å². The third-order valence-corrected chi connectivity index (χ3v) is 7.59. The Bertz CT molecular complexity index is 1240. The summed E-state index contributed by atoms with van der Waals surface area (Å²) >= 11 is 0. The van der Waals surface area contributed by atoms with Crippen LogP contribution in [0.3, 0.4) is 0 Å². The second kappa shape index (κ2) is 10.7. The van der Waals surface area contributed by atoms with Gasteiger partial charge in [0.2, 0.25) is 0 Å². The minimum atomic E-state index is -2.69. The van der Waals surface area contributed by atoms with E-state index in [0.29, 0.717) is 36.0 Å². The first kappa shape index (κ1) is 27.0. The Morgan fingerprint density at radius 3 is 2.57 bits per heavy atom. The Morgan fingerprint density at radius 2 is 1.92 bits per heavy atom. The van der Waals surface area contributed by atoms with Crippen molar-refractivity contribution < 1.29 is 23.1 Å². The lowest BCUT2D eigenvalue weighted by Gasteiger charge is -2.37. The van der Waals surface area contributed by atoms with E-state index in [-0.39, 0.29) is 30.9 Å². The quantitative estimate of drug-likeness (QED) is 0.552. The van der Waals surface area contributed by atoms with Gasteiger partial charge in [0.15, 0.2) is 0 Å². The maximum absolute atomic E-state index is 13.5. The molecule has 7 nitrogen and oxygen atoms in total. The summed E-state index contributed by atoms with van der Waals surface area (Å²) in [6, 6.07) is 7.90. The smallest absolute Gasteiger partial charge is 0.258 e. The van der Waals surface area contributed by atoms with E-state index in [2.05, 4.69) is 21.8 Å². The van der Waals surface area contributed by atoms with E-state index in [1.807, 2.05) is 36.1 Å². The Morgan fingerprint density at radius 1 is 1.24 bits per heavy atom. The number of methoxy groups -OCH3 is 1. The first-order valence-electron chi connectivity index (χ1n) is 12.8. The zero-order chi connectivity index (χ0) is 26.9. The standard InChI is InChI=1S/C28H36F2N4O3/c1-17-14-24(37-5)22(26(35)32-17)15-31-27(36)25-19(3)34(23-9-7-6-8-21(23)25)18(2)20-10-12-33(13-11-20)16-28(4,29)30/h6-9,14,18,20,22H,10-13,15-16H2,1-5H3,(H,31,36)/t18-,22?/m1/s1. The van der Waals surface area contributed by atoms with E-state index in [0.717, 1.165) is 36.4 Å². The van der Waals surface area contributed by atoms with Crippen LogP contribution in [-0.2, 0) is 9.53 Å². The lowest BCUT2D eigenvalue weighted by molar-refractivity contribution is -0.121. The number of hydrogen-bond donors (Lipinski definition) is 1. The molecule has 0 bridgehead atoms. The molecule has 1 aromatic carbocycles. The molecule has 0 saturated carbocycles. The second-order valence-corrected chi connectivity index (χ2v) is 10.4. The number of nitrogens with one attached hydrogen (secondary N) is 1. The van der Waals surface area contributed by atoms with Gasteiger partial charge >= 0.3 is 0 Å². The van der Waals surface area contributed by atoms with E-state index in [4.69, 9.17) is 4.74 Å². The number of allylic oxidation sites excluding steroid dienone is 1. The number of nitrogens with zero attached hydrogens (tertiary/aromatic N) is 3. The predicted octanol–water partition coefficient (Wildman–Crippen LogP) is 4.76. The van der Waals surface area contributed by atoms with E-state index in [1.165, 1.54) is 7.11 Å². The molecule has 3 heterocycles.